The Balaban J connectivity index is 1.13. The highest BCUT2D eigenvalue weighted by atomic mass is 16.5. The van der Waals surface area contributed by atoms with E-state index < -0.39 is 0 Å². The first-order chi connectivity index (χ1) is 20.9. The molecule has 8 nitrogen and oxygen atoms in total. The largest absolute Gasteiger partial charge is 0.493 e. The second kappa shape index (κ2) is 16.1. The minimum atomic E-state index is -0.0582. The van der Waals surface area contributed by atoms with Gasteiger partial charge in [0.05, 0.1) is 28.4 Å². The Morgan fingerprint density at radius 1 is 0.605 bits per heavy atom. The van der Waals surface area contributed by atoms with Gasteiger partial charge >= 0.3 is 0 Å². The molecule has 0 aromatic heterocycles. The van der Waals surface area contributed by atoms with Crippen LogP contribution < -0.4 is 29.6 Å². The number of carbonyl (C=O) groups excluding carboxylic acids is 2. The molecule has 0 radical (unpaired) electrons. The number of methoxy groups -OCH3 is 4. The van der Waals surface area contributed by atoms with E-state index in [-0.39, 0.29) is 23.9 Å². The molecule has 43 heavy (non-hydrogen) atoms. The first-order valence-electron chi connectivity index (χ1n) is 15.3. The number of hydrogen-bond donors (Lipinski definition) is 2. The van der Waals surface area contributed by atoms with Crippen molar-refractivity contribution in [1.29, 1.82) is 0 Å². The molecule has 0 unspecified atom stereocenters. The molecule has 0 atom stereocenters. The highest BCUT2D eigenvalue weighted by Gasteiger charge is 2.27. The van der Waals surface area contributed by atoms with Crippen molar-refractivity contribution in [2.75, 3.05) is 28.4 Å². The lowest BCUT2D eigenvalue weighted by Gasteiger charge is -2.34. The summed E-state index contributed by atoms with van der Waals surface area (Å²) in [5, 5.41) is 6.36. The molecule has 0 aliphatic heterocycles. The molecular weight excluding hydrogens is 544 g/mol. The van der Waals surface area contributed by atoms with Gasteiger partial charge in [-0.15, -0.1) is 0 Å². The maximum absolute atomic E-state index is 12.5. The summed E-state index contributed by atoms with van der Waals surface area (Å²) in [7, 11) is 6.41. The lowest BCUT2D eigenvalue weighted by Crippen LogP contribution is -2.38. The number of ether oxygens (including phenoxy) is 4. The van der Waals surface area contributed by atoms with E-state index in [4.69, 9.17) is 18.9 Å². The third-order valence-corrected chi connectivity index (χ3v) is 8.72. The fraction of sp³-hybridized carbons (Fsp3) is 0.486. The van der Waals surface area contributed by atoms with Crippen LogP contribution in [0.1, 0.15) is 68.9 Å². The van der Waals surface area contributed by atoms with E-state index in [0.29, 0.717) is 23.0 Å². The van der Waals surface area contributed by atoms with Crippen LogP contribution in [0.2, 0.25) is 0 Å². The van der Waals surface area contributed by atoms with Crippen LogP contribution in [0.15, 0.2) is 48.6 Å². The van der Waals surface area contributed by atoms with Gasteiger partial charge in [-0.2, -0.15) is 0 Å². The van der Waals surface area contributed by atoms with Crippen LogP contribution in [0.3, 0.4) is 0 Å². The number of nitrogens with one attached hydrogen (secondary N) is 2. The molecule has 0 saturated heterocycles. The highest BCUT2D eigenvalue weighted by Crippen LogP contribution is 2.35. The Kier molecular flexibility index (Phi) is 11.9. The molecule has 2 aliphatic rings. The number of rotatable bonds is 12. The molecule has 4 rings (SSSR count). The van der Waals surface area contributed by atoms with Gasteiger partial charge in [-0.05, 0) is 117 Å². The van der Waals surface area contributed by atoms with Crippen molar-refractivity contribution in [3.8, 4) is 23.0 Å². The van der Waals surface area contributed by atoms with Gasteiger partial charge in [-0.3, -0.25) is 9.59 Å². The van der Waals surface area contributed by atoms with Crippen molar-refractivity contribution in [1.82, 2.24) is 10.6 Å². The van der Waals surface area contributed by atoms with Gasteiger partial charge in [0.1, 0.15) is 0 Å². The molecule has 232 valence electrons. The van der Waals surface area contributed by atoms with Crippen molar-refractivity contribution in [2.24, 2.45) is 11.8 Å². The third-order valence-electron chi connectivity index (χ3n) is 8.72. The summed E-state index contributed by atoms with van der Waals surface area (Å²) in [4.78, 5) is 25.1. The maximum atomic E-state index is 12.5. The van der Waals surface area contributed by atoms with Gasteiger partial charge < -0.3 is 29.6 Å². The lowest BCUT2D eigenvalue weighted by molar-refractivity contribution is -0.118. The molecule has 2 aromatic carbocycles. The first-order valence-corrected chi connectivity index (χ1v) is 15.3. The summed E-state index contributed by atoms with van der Waals surface area (Å²) < 4.78 is 21.2. The molecule has 0 spiro atoms. The van der Waals surface area contributed by atoms with E-state index in [2.05, 4.69) is 10.6 Å². The lowest BCUT2D eigenvalue weighted by atomic mass is 9.75. The molecule has 2 fully saturated rings. The maximum Gasteiger partial charge on any atom is 0.244 e. The average Bonchev–Trinajstić information content (AvgIpc) is 3.04. The van der Waals surface area contributed by atoms with Gasteiger partial charge in [0.25, 0.3) is 0 Å². The average molecular weight is 591 g/mol. The second-order valence-corrected chi connectivity index (χ2v) is 11.6. The number of hydrogen-bond acceptors (Lipinski definition) is 6. The standard InChI is InChI=1S/C35H46N2O6/c1-40-30-17-9-26(22-32(30)42-3)11-19-34(38)36-28-13-5-24(6-14-28)21-25-7-15-29(16-8-25)37-35(39)20-12-27-10-18-31(41-2)33(23-27)43-4/h9-12,17-20,22-25,28-29H,5-8,13-16,21H2,1-4H3,(H,36,38)(H,37,39). The second-order valence-electron chi connectivity index (χ2n) is 11.6. The molecule has 0 bridgehead atoms. The molecular formula is C35H46N2O6. The Hall–Kier alpha value is -3.94. The fourth-order valence-electron chi connectivity index (χ4n) is 6.31. The summed E-state index contributed by atoms with van der Waals surface area (Å²) in [6.45, 7) is 0. The highest BCUT2D eigenvalue weighted by molar-refractivity contribution is 5.92. The van der Waals surface area contributed by atoms with Crippen molar-refractivity contribution in [3.63, 3.8) is 0 Å². The van der Waals surface area contributed by atoms with Crippen LogP contribution in [-0.2, 0) is 9.59 Å². The third kappa shape index (κ3) is 9.53. The monoisotopic (exact) mass is 590 g/mol. The van der Waals surface area contributed by atoms with Gasteiger partial charge in [0, 0.05) is 24.2 Å². The molecule has 2 aromatic rings. The summed E-state index contributed by atoms with van der Waals surface area (Å²) >= 11 is 0. The van der Waals surface area contributed by atoms with E-state index in [9.17, 15) is 9.59 Å². The predicted molar refractivity (Wildman–Crippen MR) is 170 cm³/mol. The van der Waals surface area contributed by atoms with Crippen LogP contribution in [0.25, 0.3) is 12.2 Å². The quantitative estimate of drug-likeness (QED) is 0.287. The summed E-state index contributed by atoms with van der Waals surface area (Å²) in [6.07, 6.45) is 16.8. The summed E-state index contributed by atoms with van der Waals surface area (Å²) in [5.41, 5.74) is 1.77. The van der Waals surface area contributed by atoms with Gasteiger partial charge in [0.2, 0.25) is 11.8 Å². The van der Waals surface area contributed by atoms with Crippen LogP contribution in [0.5, 0.6) is 23.0 Å². The Morgan fingerprint density at radius 2 is 0.977 bits per heavy atom. The van der Waals surface area contributed by atoms with Crippen LogP contribution in [-0.4, -0.2) is 52.3 Å². The molecule has 2 aliphatic carbocycles. The van der Waals surface area contributed by atoms with E-state index in [0.717, 1.165) is 74.3 Å². The Bertz CT molecular complexity index is 1180. The minimum Gasteiger partial charge on any atom is -0.493 e. The van der Waals surface area contributed by atoms with E-state index >= 15 is 0 Å². The van der Waals surface area contributed by atoms with Crippen molar-refractivity contribution in [3.05, 3.63) is 59.7 Å². The Labute approximate surface area is 255 Å². The zero-order valence-electron chi connectivity index (χ0n) is 25.9. The Morgan fingerprint density at radius 3 is 1.33 bits per heavy atom. The van der Waals surface area contributed by atoms with Crippen molar-refractivity contribution < 1.29 is 28.5 Å². The van der Waals surface area contributed by atoms with Gasteiger partial charge in [0.15, 0.2) is 23.0 Å². The zero-order valence-corrected chi connectivity index (χ0v) is 25.9. The summed E-state index contributed by atoms with van der Waals surface area (Å²) in [5.74, 6) is 3.93. The predicted octanol–water partition coefficient (Wildman–Crippen LogP) is 6.19. The van der Waals surface area contributed by atoms with Gasteiger partial charge in [-0.25, -0.2) is 0 Å². The van der Waals surface area contributed by atoms with Crippen molar-refractivity contribution in [2.45, 2.75) is 69.9 Å². The number of benzene rings is 2. The van der Waals surface area contributed by atoms with Crippen molar-refractivity contribution >= 4 is 24.0 Å². The molecule has 2 amide bonds. The van der Waals surface area contributed by atoms with Crippen LogP contribution >= 0.6 is 0 Å². The van der Waals surface area contributed by atoms with E-state index in [1.165, 1.54) is 6.42 Å². The SMILES string of the molecule is COc1ccc(C=CC(=O)NC2CCC(CC3CCC(NC(=O)C=Cc4ccc(OC)c(OC)c4)CC3)CC2)cc1OC. The number of amides is 2. The van der Waals surface area contributed by atoms with Gasteiger partial charge in [-0.1, -0.05) is 12.1 Å². The van der Waals surface area contributed by atoms with E-state index in [1.807, 2.05) is 36.4 Å². The molecule has 2 N–H and O–H groups in total. The first kappa shape index (κ1) is 32.0. The summed E-state index contributed by atoms with van der Waals surface area (Å²) in [6, 6.07) is 11.6. The molecule has 0 heterocycles. The number of carbonyl (C=O) groups is 2. The van der Waals surface area contributed by atoms with E-state index in [1.54, 1.807) is 52.7 Å². The normalized spacial score (nSPS) is 22.2. The molecule has 8 heteroatoms. The topological polar surface area (TPSA) is 95.1 Å². The zero-order chi connectivity index (χ0) is 30.6. The molecule has 2 saturated carbocycles. The smallest absolute Gasteiger partial charge is 0.244 e. The minimum absolute atomic E-state index is 0.0582. The van der Waals surface area contributed by atoms with Crippen LogP contribution in [0.4, 0.5) is 0 Å². The van der Waals surface area contributed by atoms with Crippen LogP contribution in [0, 0.1) is 11.8 Å². The fourth-order valence-corrected chi connectivity index (χ4v) is 6.31.